The molecule has 0 spiro atoms. The molecular weight excluding hydrogens is 192 g/mol. The second-order valence-corrected chi connectivity index (χ2v) is 4.82. The molecule has 0 aromatic heterocycles. The fourth-order valence-corrected chi connectivity index (χ4v) is 2.51. The van der Waals surface area contributed by atoms with Gasteiger partial charge in [-0.1, -0.05) is 0 Å². The predicted octanol–water partition coefficient (Wildman–Crippen LogP) is 0.663. The van der Waals surface area contributed by atoms with Gasteiger partial charge in [0.2, 0.25) is 0 Å². The van der Waals surface area contributed by atoms with Crippen molar-refractivity contribution in [3.63, 3.8) is 0 Å². The molecule has 2 fully saturated rings. The monoisotopic (exact) mass is 212 g/mol. The van der Waals surface area contributed by atoms with E-state index in [1.807, 2.05) is 0 Å². The van der Waals surface area contributed by atoms with Crippen LogP contribution in [0.2, 0.25) is 0 Å². The highest BCUT2D eigenvalue weighted by molar-refractivity contribution is 5.73. The average molecular weight is 212 g/mol. The van der Waals surface area contributed by atoms with Crippen LogP contribution >= 0.6 is 0 Å². The number of nitrogens with zero attached hydrogens (tertiary/aromatic N) is 1. The Balaban J connectivity index is 1.85. The van der Waals surface area contributed by atoms with Crippen LogP contribution in [0.15, 0.2) is 0 Å². The molecule has 4 nitrogen and oxygen atoms in total. The lowest BCUT2D eigenvalue weighted by Crippen LogP contribution is -2.38. The zero-order valence-corrected chi connectivity index (χ0v) is 9.06. The summed E-state index contributed by atoms with van der Waals surface area (Å²) in [4.78, 5) is 13.3. The number of carbonyl (C=O) groups is 1. The lowest BCUT2D eigenvalue weighted by atomic mass is 9.93. The van der Waals surface area contributed by atoms with Crippen LogP contribution in [0.3, 0.4) is 0 Å². The molecule has 15 heavy (non-hydrogen) atoms. The maximum atomic E-state index is 10.8. The molecule has 2 unspecified atom stereocenters. The molecule has 0 radical (unpaired) electrons. The van der Waals surface area contributed by atoms with Crippen LogP contribution in [0.1, 0.15) is 32.1 Å². The molecule has 2 atom stereocenters. The molecule has 3 N–H and O–H groups in total. The highest BCUT2D eigenvalue weighted by Crippen LogP contribution is 2.30. The predicted molar refractivity (Wildman–Crippen MR) is 57.5 cm³/mol. The number of hydrogen-bond acceptors (Lipinski definition) is 3. The van der Waals surface area contributed by atoms with Gasteiger partial charge < -0.3 is 15.7 Å². The van der Waals surface area contributed by atoms with Crippen LogP contribution in [-0.2, 0) is 4.79 Å². The van der Waals surface area contributed by atoms with Gasteiger partial charge in [0.05, 0.1) is 0 Å². The number of carboxylic acids is 1. The zero-order valence-electron chi connectivity index (χ0n) is 9.06. The average Bonchev–Trinajstić information content (AvgIpc) is 3.02. The number of rotatable bonds is 3. The number of hydrogen-bond donors (Lipinski definition) is 2. The molecule has 2 rings (SSSR count). The summed E-state index contributed by atoms with van der Waals surface area (Å²) in [6.07, 6.45) is 5.67. The van der Waals surface area contributed by atoms with Crippen molar-refractivity contribution in [1.29, 1.82) is 0 Å². The van der Waals surface area contributed by atoms with Gasteiger partial charge in [0.15, 0.2) is 0 Å². The molecule has 1 aliphatic heterocycles. The minimum Gasteiger partial charge on any atom is -0.480 e. The number of carboxylic acid groups (broad SMARTS) is 1. The lowest BCUT2D eigenvalue weighted by Gasteiger charge is -2.20. The summed E-state index contributed by atoms with van der Waals surface area (Å²) in [6, 6.07) is 0.133. The third kappa shape index (κ3) is 2.69. The first-order valence-corrected chi connectivity index (χ1v) is 5.91. The van der Waals surface area contributed by atoms with E-state index in [9.17, 15) is 4.79 Å². The molecule has 0 aromatic rings. The molecular formula is C11H20N2O2. The van der Waals surface area contributed by atoms with Crippen LogP contribution in [0.25, 0.3) is 0 Å². The van der Waals surface area contributed by atoms with E-state index in [0.717, 1.165) is 38.4 Å². The first-order chi connectivity index (χ1) is 7.18. The van der Waals surface area contributed by atoms with Crippen molar-refractivity contribution in [1.82, 2.24) is 4.90 Å². The minimum atomic E-state index is -0.847. The molecule has 0 aromatic carbocycles. The van der Waals surface area contributed by atoms with Crippen molar-refractivity contribution in [2.45, 2.75) is 44.2 Å². The minimum absolute atomic E-state index is 0.172. The third-order valence-corrected chi connectivity index (χ3v) is 3.66. The maximum absolute atomic E-state index is 10.8. The fraction of sp³-hybridized carbons (Fsp3) is 0.909. The molecule has 4 heteroatoms. The SMILES string of the molecule is NC(C(=O)O)C1CCCN(C2CC2)CC1. The van der Waals surface area contributed by atoms with Crippen molar-refractivity contribution in [3.05, 3.63) is 0 Å². The summed E-state index contributed by atoms with van der Waals surface area (Å²) in [5.74, 6) is -0.675. The van der Waals surface area contributed by atoms with Crippen LogP contribution < -0.4 is 5.73 Å². The van der Waals surface area contributed by atoms with E-state index in [2.05, 4.69) is 4.90 Å². The van der Waals surface area contributed by atoms with Gasteiger partial charge in [-0.2, -0.15) is 0 Å². The number of aliphatic carboxylic acids is 1. The number of likely N-dealkylation sites (tertiary alicyclic amines) is 1. The zero-order chi connectivity index (χ0) is 10.8. The maximum Gasteiger partial charge on any atom is 0.320 e. The summed E-state index contributed by atoms with van der Waals surface area (Å²) in [5, 5.41) is 8.87. The highest BCUT2D eigenvalue weighted by Gasteiger charge is 2.32. The molecule has 1 heterocycles. The third-order valence-electron chi connectivity index (χ3n) is 3.66. The van der Waals surface area contributed by atoms with Crippen molar-refractivity contribution < 1.29 is 9.90 Å². The molecule has 1 aliphatic carbocycles. The molecule has 2 aliphatic rings. The molecule has 86 valence electrons. The Morgan fingerprint density at radius 3 is 2.60 bits per heavy atom. The Labute approximate surface area is 90.4 Å². The van der Waals surface area contributed by atoms with Crippen molar-refractivity contribution in [2.24, 2.45) is 11.7 Å². The van der Waals surface area contributed by atoms with Gasteiger partial charge in [0.1, 0.15) is 6.04 Å². The normalized spacial score (nSPS) is 30.9. The summed E-state index contributed by atoms with van der Waals surface area (Å²) in [7, 11) is 0. The first kappa shape index (κ1) is 10.9. The first-order valence-electron chi connectivity index (χ1n) is 5.91. The topological polar surface area (TPSA) is 66.6 Å². The van der Waals surface area contributed by atoms with Gasteiger partial charge in [-0.3, -0.25) is 4.79 Å². The van der Waals surface area contributed by atoms with Crippen LogP contribution in [0, 0.1) is 5.92 Å². The molecule has 0 bridgehead atoms. The second kappa shape index (κ2) is 4.49. The van der Waals surface area contributed by atoms with Crippen LogP contribution in [0.4, 0.5) is 0 Å². The van der Waals surface area contributed by atoms with E-state index in [4.69, 9.17) is 10.8 Å². The highest BCUT2D eigenvalue weighted by atomic mass is 16.4. The van der Waals surface area contributed by atoms with E-state index in [-0.39, 0.29) is 5.92 Å². The molecule has 1 saturated heterocycles. The van der Waals surface area contributed by atoms with Gasteiger partial charge in [-0.05, 0) is 51.1 Å². The molecule has 1 saturated carbocycles. The number of nitrogens with two attached hydrogens (primary N) is 1. The summed E-state index contributed by atoms with van der Waals surface area (Å²) in [6.45, 7) is 2.17. The standard InChI is InChI=1S/C11H20N2O2/c12-10(11(14)15)8-2-1-6-13(7-5-8)9-3-4-9/h8-10H,1-7,12H2,(H,14,15). The van der Waals surface area contributed by atoms with E-state index < -0.39 is 12.0 Å². The smallest absolute Gasteiger partial charge is 0.320 e. The van der Waals surface area contributed by atoms with E-state index in [1.165, 1.54) is 12.8 Å². The van der Waals surface area contributed by atoms with E-state index >= 15 is 0 Å². The Bertz CT molecular complexity index is 241. The van der Waals surface area contributed by atoms with Gasteiger partial charge in [-0.25, -0.2) is 0 Å². The summed E-state index contributed by atoms with van der Waals surface area (Å²) >= 11 is 0. The van der Waals surface area contributed by atoms with Gasteiger partial charge >= 0.3 is 5.97 Å². The second-order valence-electron chi connectivity index (χ2n) is 4.82. The van der Waals surface area contributed by atoms with Crippen molar-refractivity contribution >= 4 is 5.97 Å². The van der Waals surface area contributed by atoms with Gasteiger partial charge in [-0.15, -0.1) is 0 Å². The lowest BCUT2D eigenvalue weighted by molar-refractivity contribution is -0.140. The Morgan fingerprint density at radius 2 is 2.00 bits per heavy atom. The Morgan fingerprint density at radius 1 is 1.27 bits per heavy atom. The van der Waals surface area contributed by atoms with Crippen LogP contribution in [0.5, 0.6) is 0 Å². The largest absolute Gasteiger partial charge is 0.480 e. The molecule has 0 amide bonds. The quantitative estimate of drug-likeness (QED) is 0.721. The van der Waals surface area contributed by atoms with Crippen LogP contribution in [-0.4, -0.2) is 41.1 Å². The van der Waals surface area contributed by atoms with Crippen molar-refractivity contribution in [3.8, 4) is 0 Å². The van der Waals surface area contributed by atoms with E-state index in [0.29, 0.717) is 0 Å². The van der Waals surface area contributed by atoms with Gasteiger partial charge in [0.25, 0.3) is 0 Å². The van der Waals surface area contributed by atoms with Gasteiger partial charge in [0, 0.05) is 6.04 Å². The van der Waals surface area contributed by atoms with E-state index in [1.54, 1.807) is 0 Å². The summed E-state index contributed by atoms with van der Waals surface area (Å²) in [5.41, 5.74) is 5.68. The summed E-state index contributed by atoms with van der Waals surface area (Å²) < 4.78 is 0. The Kier molecular flexibility index (Phi) is 3.26. The Hall–Kier alpha value is -0.610. The fourth-order valence-electron chi connectivity index (χ4n) is 2.51. The van der Waals surface area contributed by atoms with Crippen molar-refractivity contribution in [2.75, 3.05) is 13.1 Å².